The first kappa shape index (κ1) is 20.9. The van der Waals surface area contributed by atoms with E-state index in [0.717, 1.165) is 10.2 Å². The van der Waals surface area contributed by atoms with Crippen molar-refractivity contribution < 1.29 is 9.53 Å². The van der Waals surface area contributed by atoms with Crippen LogP contribution in [0.2, 0.25) is 10.0 Å². The molecular weight excluding hydrogens is 413 g/mol. The quantitative estimate of drug-likeness (QED) is 0.637. The standard InChI is InChI=1S/C21H19Cl2N3O3/c1-13-9-15(10-14-5-3-4-6-19(14)29-2)21(28)26(25-13)12-20(27)24-18-8-7-16(22)11-17(18)23/h3-9,11H,10,12H2,1-2H3,(H,24,27). The molecule has 1 aromatic heterocycles. The molecule has 0 spiro atoms. The lowest BCUT2D eigenvalue weighted by atomic mass is 10.1. The van der Waals surface area contributed by atoms with E-state index in [1.54, 1.807) is 32.2 Å². The number of nitrogens with zero attached hydrogens (tertiary/aromatic N) is 2. The highest BCUT2D eigenvalue weighted by molar-refractivity contribution is 6.36. The van der Waals surface area contributed by atoms with Crippen LogP contribution in [-0.4, -0.2) is 22.8 Å². The van der Waals surface area contributed by atoms with Crippen molar-refractivity contribution in [3.63, 3.8) is 0 Å². The molecule has 1 N–H and O–H groups in total. The summed E-state index contributed by atoms with van der Waals surface area (Å²) in [6, 6.07) is 13.9. The Hall–Kier alpha value is -2.83. The van der Waals surface area contributed by atoms with Crippen LogP contribution in [0, 0.1) is 6.92 Å². The maximum Gasteiger partial charge on any atom is 0.270 e. The number of rotatable bonds is 6. The Kier molecular flexibility index (Phi) is 6.56. The molecule has 6 nitrogen and oxygen atoms in total. The smallest absolute Gasteiger partial charge is 0.270 e. The summed E-state index contributed by atoms with van der Waals surface area (Å²) in [5, 5.41) is 7.64. The van der Waals surface area contributed by atoms with Crippen molar-refractivity contribution in [2.75, 3.05) is 12.4 Å². The molecule has 3 rings (SSSR count). The van der Waals surface area contributed by atoms with Crippen molar-refractivity contribution in [2.45, 2.75) is 19.9 Å². The minimum absolute atomic E-state index is 0.238. The SMILES string of the molecule is COc1ccccc1Cc1cc(C)nn(CC(=O)Nc2ccc(Cl)cc2Cl)c1=O. The second-order valence-electron chi connectivity index (χ2n) is 6.43. The molecule has 0 aliphatic rings. The van der Waals surface area contributed by atoms with Gasteiger partial charge in [-0.1, -0.05) is 41.4 Å². The summed E-state index contributed by atoms with van der Waals surface area (Å²) in [5.41, 5.74) is 2.11. The van der Waals surface area contributed by atoms with E-state index in [1.165, 1.54) is 6.07 Å². The van der Waals surface area contributed by atoms with E-state index in [0.29, 0.717) is 39.2 Å². The number of halogens is 2. The van der Waals surface area contributed by atoms with Crippen molar-refractivity contribution in [2.24, 2.45) is 0 Å². The van der Waals surface area contributed by atoms with Gasteiger partial charge in [-0.3, -0.25) is 9.59 Å². The maximum absolute atomic E-state index is 12.9. The van der Waals surface area contributed by atoms with Crippen LogP contribution in [0.25, 0.3) is 0 Å². The predicted octanol–water partition coefficient (Wildman–Crippen LogP) is 4.10. The molecule has 0 atom stereocenters. The molecule has 150 valence electrons. The van der Waals surface area contributed by atoms with Crippen LogP contribution in [0.15, 0.2) is 53.3 Å². The number of hydrogen-bond acceptors (Lipinski definition) is 4. The highest BCUT2D eigenvalue weighted by Gasteiger charge is 2.14. The van der Waals surface area contributed by atoms with E-state index < -0.39 is 5.91 Å². The van der Waals surface area contributed by atoms with Crippen LogP contribution < -0.4 is 15.6 Å². The highest BCUT2D eigenvalue weighted by atomic mass is 35.5. The summed E-state index contributed by atoms with van der Waals surface area (Å²) in [6.45, 7) is 1.54. The first-order chi connectivity index (χ1) is 13.9. The van der Waals surface area contributed by atoms with Crippen molar-refractivity contribution in [3.05, 3.63) is 85.8 Å². The number of aryl methyl sites for hydroxylation is 1. The Labute approximate surface area is 178 Å². The van der Waals surface area contributed by atoms with Crippen LogP contribution >= 0.6 is 23.2 Å². The van der Waals surface area contributed by atoms with Crippen LogP contribution in [0.4, 0.5) is 5.69 Å². The summed E-state index contributed by atoms with van der Waals surface area (Å²) < 4.78 is 6.51. The lowest BCUT2D eigenvalue weighted by Gasteiger charge is -2.12. The Morgan fingerprint density at radius 3 is 2.62 bits per heavy atom. The number of carbonyl (C=O) groups is 1. The zero-order valence-corrected chi connectivity index (χ0v) is 17.4. The molecule has 0 saturated heterocycles. The maximum atomic E-state index is 12.9. The summed E-state index contributed by atoms with van der Waals surface area (Å²) >= 11 is 11.9. The minimum atomic E-state index is -0.419. The largest absolute Gasteiger partial charge is 0.496 e. The second kappa shape index (κ2) is 9.11. The van der Waals surface area contributed by atoms with Gasteiger partial charge in [0.15, 0.2) is 0 Å². The number of aromatic nitrogens is 2. The normalized spacial score (nSPS) is 10.6. The molecule has 0 aliphatic heterocycles. The second-order valence-corrected chi connectivity index (χ2v) is 7.28. The summed E-state index contributed by atoms with van der Waals surface area (Å²) in [6.07, 6.45) is 0.372. The number of anilines is 1. The number of hydrogen-bond donors (Lipinski definition) is 1. The van der Waals surface area contributed by atoms with Crippen LogP contribution in [0.5, 0.6) is 5.75 Å². The number of benzene rings is 2. The molecule has 0 bridgehead atoms. The highest BCUT2D eigenvalue weighted by Crippen LogP contribution is 2.25. The zero-order chi connectivity index (χ0) is 21.0. The summed E-state index contributed by atoms with van der Waals surface area (Å²) in [7, 11) is 1.58. The van der Waals surface area contributed by atoms with E-state index >= 15 is 0 Å². The third kappa shape index (κ3) is 5.16. The van der Waals surface area contributed by atoms with Gasteiger partial charge in [0, 0.05) is 17.0 Å². The number of amides is 1. The number of methoxy groups -OCH3 is 1. The fourth-order valence-corrected chi connectivity index (χ4v) is 3.40. The van der Waals surface area contributed by atoms with Gasteiger partial charge in [0.1, 0.15) is 12.3 Å². The molecule has 3 aromatic rings. The Morgan fingerprint density at radius 1 is 1.14 bits per heavy atom. The van der Waals surface area contributed by atoms with Gasteiger partial charge in [-0.2, -0.15) is 5.10 Å². The van der Waals surface area contributed by atoms with Gasteiger partial charge in [0.2, 0.25) is 5.91 Å². The van der Waals surface area contributed by atoms with Crippen molar-refractivity contribution in [3.8, 4) is 5.75 Å². The van der Waals surface area contributed by atoms with Gasteiger partial charge >= 0.3 is 0 Å². The number of ether oxygens (including phenoxy) is 1. The first-order valence-electron chi connectivity index (χ1n) is 8.82. The summed E-state index contributed by atoms with van der Waals surface area (Å²) in [5.74, 6) is 0.278. The molecule has 0 saturated carbocycles. The third-order valence-electron chi connectivity index (χ3n) is 4.24. The van der Waals surface area contributed by atoms with E-state index in [-0.39, 0.29) is 12.1 Å². The van der Waals surface area contributed by atoms with Gasteiger partial charge in [0.05, 0.1) is 23.5 Å². The van der Waals surface area contributed by atoms with Crippen molar-refractivity contribution >= 4 is 34.8 Å². The lowest BCUT2D eigenvalue weighted by Crippen LogP contribution is -2.32. The fraction of sp³-hybridized carbons (Fsp3) is 0.190. The van der Waals surface area contributed by atoms with E-state index in [9.17, 15) is 9.59 Å². The van der Waals surface area contributed by atoms with Crippen LogP contribution in [0.3, 0.4) is 0 Å². The minimum Gasteiger partial charge on any atom is -0.496 e. The number of carbonyl (C=O) groups excluding carboxylic acids is 1. The first-order valence-corrected chi connectivity index (χ1v) is 9.57. The average Bonchev–Trinajstić information content (AvgIpc) is 2.68. The fourth-order valence-electron chi connectivity index (χ4n) is 2.95. The summed E-state index contributed by atoms with van der Waals surface area (Å²) in [4.78, 5) is 25.3. The van der Waals surface area contributed by atoms with Crippen LogP contribution in [0.1, 0.15) is 16.8 Å². The van der Waals surface area contributed by atoms with Crippen molar-refractivity contribution in [1.82, 2.24) is 9.78 Å². The van der Waals surface area contributed by atoms with Gasteiger partial charge in [0.25, 0.3) is 5.56 Å². The lowest BCUT2D eigenvalue weighted by molar-refractivity contribution is -0.117. The number of para-hydroxylation sites is 1. The zero-order valence-electron chi connectivity index (χ0n) is 15.9. The average molecular weight is 432 g/mol. The molecule has 2 aromatic carbocycles. The molecular formula is C21H19Cl2N3O3. The van der Waals surface area contributed by atoms with Gasteiger partial charge in [-0.25, -0.2) is 4.68 Å². The van der Waals surface area contributed by atoms with Gasteiger partial charge in [-0.05, 0) is 42.8 Å². The molecule has 0 radical (unpaired) electrons. The third-order valence-corrected chi connectivity index (χ3v) is 4.79. The Morgan fingerprint density at radius 2 is 1.90 bits per heavy atom. The molecule has 0 aliphatic carbocycles. The van der Waals surface area contributed by atoms with Gasteiger partial charge in [-0.15, -0.1) is 0 Å². The van der Waals surface area contributed by atoms with Gasteiger partial charge < -0.3 is 10.1 Å². The van der Waals surface area contributed by atoms with E-state index in [2.05, 4.69) is 10.4 Å². The topological polar surface area (TPSA) is 73.2 Å². The predicted molar refractivity (Wildman–Crippen MR) is 114 cm³/mol. The molecule has 29 heavy (non-hydrogen) atoms. The van der Waals surface area contributed by atoms with Crippen LogP contribution in [-0.2, 0) is 17.8 Å². The van der Waals surface area contributed by atoms with E-state index in [4.69, 9.17) is 27.9 Å². The molecule has 1 heterocycles. The number of nitrogens with one attached hydrogen (secondary N) is 1. The molecule has 0 fully saturated rings. The monoisotopic (exact) mass is 431 g/mol. The van der Waals surface area contributed by atoms with Crippen molar-refractivity contribution in [1.29, 1.82) is 0 Å². The molecule has 1 amide bonds. The molecule has 0 unspecified atom stereocenters. The van der Waals surface area contributed by atoms with E-state index in [1.807, 2.05) is 24.3 Å². The Bertz CT molecular complexity index is 1110. The molecule has 8 heteroatoms. The Balaban J connectivity index is 1.83.